The smallest absolute Gasteiger partial charge is 0.196 e. The van der Waals surface area contributed by atoms with Gasteiger partial charge in [-0.3, -0.25) is 9.55 Å². The number of phenolic OH excluding ortho intramolecular Hbond substituents is 1. The summed E-state index contributed by atoms with van der Waals surface area (Å²) in [5, 5.41) is 20.9. The fourth-order valence-corrected chi connectivity index (χ4v) is 4.50. The molecule has 0 unspecified atom stereocenters. The molecule has 0 aliphatic rings. The van der Waals surface area contributed by atoms with E-state index in [4.69, 9.17) is 0 Å². The maximum atomic E-state index is 10.1. The van der Waals surface area contributed by atoms with Crippen LogP contribution in [-0.4, -0.2) is 24.9 Å². The third kappa shape index (κ3) is 3.78. The van der Waals surface area contributed by atoms with Crippen LogP contribution >= 0.6 is 11.8 Å². The summed E-state index contributed by atoms with van der Waals surface area (Å²) in [7, 11) is 0. The minimum absolute atomic E-state index is 0.193. The third-order valence-electron chi connectivity index (χ3n) is 5.15. The molecule has 31 heavy (non-hydrogen) atoms. The van der Waals surface area contributed by atoms with Gasteiger partial charge in [-0.2, -0.15) is 0 Å². The van der Waals surface area contributed by atoms with Crippen LogP contribution in [0, 0.1) is 6.92 Å². The Morgan fingerprint density at radius 3 is 2.48 bits per heavy atom. The van der Waals surface area contributed by atoms with Gasteiger partial charge in [0.1, 0.15) is 11.3 Å². The van der Waals surface area contributed by atoms with Gasteiger partial charge in [0.2, 0.25) is 0 Å². The Labute approximate surface area is 184 Å². The molecular formula is C25H20N4OS. The van der Waals surface area contributed by atoms with Gasteiger partial charge < -0.3 is 5.11 Å². The van der Waals surface area contributed by atoms with Crippen molar-refractivity contribution >= 4 is 22.7 Å². The van der Waals surface area contributed by atoms with E-state index >= 15 is 0 Å². The van der Waals surface area contributed by atoms with Crippen molar-refractivity contribution in [1.82, 2.24) is 19.7 Å². The van der Waals surface area contributed by atoms with Crippen molar-refractivity contribution in [2.45, 2.75) is 17.8 Å². The largest absolute Gasteiger partial charge is 0.506 e. The van der Waals surface area contributed by atoms with Crippen LogP contribution < -0.4 is 0 Å². The van der Waals surface area contributed by atoms with Gasteiger partial charge in [-0.25, -0.2) is 0 Å². The van der Waals surface area contributed by atoms with Crippen molar-refractivity contribution in [2.75, 3.05) is 0 Å². The lowest BCUT2D eigenvalue weighted by atomic mass is 10.1. The number of hydrogen-bond donors (Lipinski definition) is 1. The van der Waals surface area contributed by atoms with Crippen LogP contribution in [0.25, 0.3) is 28.0 Å². The molecule has 0 aliphatic carbocycles. The number of benzene rings is 3. The Morgan fingerprint density at radius 2 is 1.68 bits per heavy atom. The zero-order valence-corrected chi connectivity index (χ0v) is 17.8. The van der Waals surface area contributed by atoms with Crippen molar-refractivity contribution < 1.29 is 5.11 Å². The van der Waals surface area contributed by atoms with Gasteiger partial charge in [0.05, 0.1) is 0 Å². The van der Waals surface area contributed by atoms with Crippen LogP contribution in [0.2, 0.25) is 0 Å². The summed E-state index contributed by atoms with van der Waals surface area (Å²) in [5.41, 5.74) is 4.95. The monoisotopic (exact) mass is 424 g/mol. The predicted octanol–water partition coefficient (Wildman–Crippen LogP) is 5.79. The van der Waals surface area contributed by atoms with Crippen LogP contribution in [0.3, 0.4) is 0 Å². The van der Waals surface area contributed by atoms with Crippen molar-refractivity contribution in [2.24, 2.45) is 0 Å². The molecule has 2 heterocycles. The lowest BCUT2D eigenvalue weighted by Gasteiger charge is -2.11. The van der Waals surface area contributed by atoms with Gasteiger partial charge in [0, 0.05) is 28.6 Å². The summed E-state index contributed by atoms with van der Waals surface area (Å²) >= 11 is 1.61. The van der Waals surface area contributed by atoms with E-state index < -0.39 is 0 Å². The molecule has 3 aromatic carbocycles. The molecule has 0 amide bonds. The number of thioether (sulfide) groups is 1. The molecule has 2 aromatic heterocycles. The summed E-state index contributed by atoms with van der Waals surface area (Å²) in [4.78, 5) is 4.32. The Morgan fingerprint density at radius 1 is 0.871 bits per heavy atom. The zero-order valence-electron chi connectivity index (χ0n) is 16.9. The van der Waals surface area contributed by atoms with Gasteiger partial charge in [0.15, 0.2) is 11.0 Å². The fraction of sp³-hybridized carbons (Fsp3) is 0.0800. The quantitative estimate of drug-likeness (QED) is 0.362. The summed E-state index contributed by atoms with van der Waals surface area (Å²) in [6.45, 7) is 2.07. The van der Waals surface area contributed by atoms with Gasteiger partial charge in [-0.15, -0.1) is 10.2 Å². The molecule has 0 aliphatic heterocycles. The SMILES string of the molecule is Cc1ccc(-c2nnc(SCc3ccc(O)c4ncccc34)n2-c2ccccc2)cc1. The number of rotatable bonds is 5. The van der Waals surface area contributed by atoms with Crippen molar-refractivity contribution in [3.8, 4) is 22.8 Å². The first kappa shape index (κ1) is 19.3. The molecule has 5 rings (SSSR count). The highest BCUT2D eigenvalue weighted by Gasteiger charge is 2.17. The molecule has 152 valence electrons. The topological polar surface area (TPSA) is 63.8 Å². The fourth-order valence-electron chi connectivity index (χ4n) is 3.55. The second-order valence-corrected chi connectivity index (χ2v) is 8.22. The summed E-state index contributed by atoms with van der Waals surface area (Å²) < 4.78 is 2.09. The van der Waals surface area contributed by atoms with Gasteiger partial charge in [0.25, 0.3) is 0 Å². The average molecular weight is 425 g/mol. The third-order valence-corrected chi connectivity index (χ3v) is 6.13. The van der Waals surface area contributed by atoms with Crippen LogP contribution in [0.15, 0.2) is 90.2 Å². The van der Waals surface area contributed by atoms with E-state index in [0.29, 0.717) is 11.3 Å². The van der Waals surface area contributed by atoms with Crippen molar-refractivity contribution in [3.63, 3.8) is 0 Å². The van der Waals surface area contributed by atoms with E-state index in [1.807, 2.05) is 36.4 Å². The molecular weight excluding hydrogens is 404 g/mol. The molecule has 0 fully saturated rings. The summed E-state index contributed by atoms with van der Waals surface area (Å²) in [6, 6.07) is 26.0. The molecule has 0 saturated carbocycles. The van der Waals surface area contributed by atoms with Crippen LogP contribution in [0.4, 0.5) is 0 Å². The van der Waals surface area contributed by atoms with E-state index in [1.54, 1.807) is 24.0 Å². The summed E-state index contributed by atoms with van der Waals surface area (Å²) in [5.74, 6) is 1.69. The maximum Gasteiger partial charge on any atom is 0.196 e. The number of nitrogens with zero attached hydrogens (tertiary/aromatic N) is 4. The minimum atomic E-state index is 0.193. The number of fused-ring (bicyclic) bond motifs is 1. The Balaban J connectivity index is 1.54. The molecule has 0 atom stereocenters. The average Bonchev–Trinajstić information content (AvgIpc) is 3.24. The minimum Gasteiger partial charge on any atom is -0.506 e. The highest BCUT2D eigenvalue weighted by atomic mass is 32.2. The zero-order chi connectivity index (χ0) is 21.2. The first-order chi connectivity index (χ1) is 15.2. The van der Waals surface area contributed by atoms with Crippen LogP contribution in [0.1, 0.15) is 11.1 Å². The molecule has 0 bridgehead atoms. The second kappa shape index (κ2) is 8.24. The lowest BCUT2D eigenvalue weighted by molar-refractivity contribution is 0.480. The molecule has 5 aromatic rings. The maximum absolute atomic E-state index is 10.1. The van der Waals surface area contributed by atoms with E-state index in [1.165, 1.54) is 5.56 Å². The Hall–Kier alpha value is -3.64. The molecule has 0 spiro atoms. The van der Waals surface area contributed by atoms with Gasteiger partial charge >= 0.3 is 0 Å². The van der Waals surface area contributed by atoms with E-state index in [-0.39, 0.29) is 5.75 Å². The number of pyridine rings is 1. The number of aromatic nitrogens is 4. The van der Waals surface area contributed by atoms with Gasteiger partial charge in [-0.1, -0.05) is 71.9 Å². The molecule has 1 N–H and O–H groups in total. The highest BCUT2D eigenvalue weighted by Crippen LogP contribution is 2.33. The molecule has 0 saturated heterocycles. The highest BCUT2D eigenvalue weighted by molar-refractivity contribution is 7.98. The molecule has 5 nitrogen and oxygen atoms in total. The van der Waals surface area contributed by atoms with E-state index in [0.717, 1.165) is 33.2 Å². The number of aryl methyl sites for hydroxylation is 1. The van der Waals surface area contributed by atoms with E-state index in [2.05, 4.69) is 63.1 Å². The van der Waals surface area contributed by atoms with Gasteiger partial charge in [-0.05, 0) is 36.8 Å². The summed E-state index contributed by atoms with van der Waals surface area (Å²) in [6.07, 6.45) is 1.69. The number of para-hydroxylation sites is 1. The number of hydrogen-bond acceptors (Lipinski definition) is 5. The second-order valence-electron chi connectivity index (χ2n) is 7.28. The lowest BCUT2D eigenvalue weighted by Crippen LogP contribution is -1.99. The first-order valence-electron chi connectivity index (χ1n) is 9.97. The predicted molar refractivity (Wildman–Crippen MR) is 125 cm³/mol. The first-order valence-corrected chi connectivity index (χ1v) is 11.0. The number of aromatic hydroxyl groups is 1. The number of phenols is 1. The molecule has 0 radical (unpaired) electrons. The standard InChI is InChI=1S/C25H20N4OS/c1-17-9-11-18(12-10-17)24-27-28-25(29(24)20-6-3-2-4-7-20)31-16-19-13-14-22(30)23-21(19)8-5-15-26-23/h2-15,30H,16H2,1H3. The molecule has 6 heteroatoms. The Kier molecular flexibility index (Phi) is 5.14. The van der Waals surface area contributed by atoms with Crippen LogP contribution in [-0.2, 0) is 5.75 Å². The van der Waals surface area contributed by atoms with E-state index in [9.17, 15) is 5.11 Å². The normalized spacial score (nSPS) is 11.1. The van der Waals surface area contributed by atoms with Crippen molar-refractivity contribution in [1.29, 1.82) is 0 Å². The van der Waals surface area contributed by atoms with Crippen molar-refractivity contribution in [3.05, 3.63) is 96.2 Å². The Bertz CT molecular complexity index is 1350. The van der Waals surface area contributed by atoms with Crippen LogP contribution in [0.5, 0.6) is 5.75 Å².